The molecule has 1 aromatic rings. The average Bonchev–Trinajstić information content (AvgIpc) is 2.52. The van der Waals surface area contributed by atoms with Crippen molar-refractivity contribution < 1.29 is 17.9 Å². The van der Waals surface area contributed by atoms with Gasteiger partial charge in [0.25, 0.3) is 0 Å². The summed E-state index contributed by atoms with van der Waals surface area (Å²) < 4.78 is 29.7. The Bertz CT molecular complexity index is 635. The number of hydrogen-bond donors (Lipinski definition) is 1. The zero-order valence-corrected chi connectivity index (χ0v) is 13.5. The molecule has 1 aliphatic heterocycles. The summed E-state index contributed by atoms with van der Waals surface area (Å²) in [5.74, 6) is 0.224. The number of carbonyl (C=O) groups is 1. The molecule has 9 heteroatoms. The van der Waals surface area contributed by atoms with Gasteiger partial charge in [-0.3, -0.25) is 0 Å². The lowest BCUT2D eigenvalue weighted by Crippen LogP contribution is -2.41. The van der Waals surface area contributed by atoms with E-state index >= 15 is 0 Å². The van der Waals surface area contributed by atoms with Gasteiger partial charge in [0.15, 0.2) is 0 Å². The summed E-state index contributed by atoms with van der Waals surface area (Å²) in [6.07, 6.45) is 5.80. The number of hydrogen-bond acceptors (Lipinski definition) is 7. The molecule has 0 unspecified atom stereocenters. The van der Waals surface area contributed by atoms with Crippen LogP contribution in [0.4, 0.5) is 5.82 Å². The van der Waals surface area contributed by atoms with Crippen LogP contribution in [-0.2, 0) is 14.8 Å². The first-order chi connectivity index (χ1) is 10.4. The third-order valence-electron chi connectivity index (χ3n) is 3.55. The lowest BCUT2D eigenvalue weighted by molar-refractivity contribution is 0.0600. The maximum Gasteiger partial charge on any atom is 0.343 e. The van der Waals surface area contributed by atoms with Gasteiger partial charge in [0.2, 0.25) is 10.0 Å². The van der Waals surface area contributed by atoms with Gasteiger partial charge in [-0.1, -0.05) is 0 Å². The molecule has 0 saturated carbocycles. The van der Waals surface area contributed by atoms with E-state index in [4.69, 9.17) is 4.74 Å². The molecule has 1 aliphatic rings. The van der Waals surface area contributed by atoms with Gasteiger partial charge in [0.1, 0.15) is 17.7 Å². The summed E-state index contributed by atoms with van der Waals surface area (Å²) in [6.45, 7) is 1.77. The van der Waals surface area contributed by atoms with Gasteiger partial charge < -0.3 is 9.64 Å². The topological polar surface area (TPSA) is 101 Å². The predicted octanol–water partition coefficient (Wildman–Crippen LogP) is 0.0288. The van der Waals surface area contributed by atoms with Crippen LogP contribution < -0.4 is 9.62 Å². The van der Waals surface area contributed by atoms with Crippen LogP contribution >= 0.6 is 0 Å². The van der Waals surface area contributed by atoms with Gasteiger partial charge in [0, 0.05) is 25.8 Å². The Morgan fingerprint density at radius 2 is 2.32 bits per heavy atom. The highest BCUT2D eigenvalue weighted by molar-refractivity contribution is 7.88. The van der Waals surface area contributed by atoms with Gasteiger partial charge in [-0.05, 0) is 18.8 Å². The van der Waals surface area contributed by atoms with Crippen LogP contribution in [0.3, 0.4) is 0 Å². The Kier molecular flexibility index (Phi) is 5.30. The number of aromatic nitrogens is 2. The SMILES string of the molecule is COC(=O)c1cncnc1N1CCC[C@H](CNS(C)(=O)=O)C1. The number of methoxy groups -OCH3 is 1. The zero-order chi connectivity index (χ0) is 16.2. The summed E-state index contributed by atoms with van der Waals surface area (Å²) in [7, 11) is -1.89. The number of esters is 1. The van der Waals surface area contributed by atoms with Crippen molar-refractivity contribution in [3.05, 3.63) is 18.1 Å². The minimum Gasteiger partial charge on any atom is -0.465 e. The van der Waals surface area contributed by atoms with E-state index in [0.29, 0.717) is 24.5 Å². The van der Waals surface area contributed by atoms with E-state index in [1.165, 1.54) is 19.6 Å². The van der Waals surface area contributed by atoms with Gasteiger partial charge >= 0.3 is 5.97 Å². The molecule has 8 nitrogen and oxygen atoms in total. The standard InChI is InChI=1S/C13H20N4O4S/c1-21-13(18)11-7-14-9-15-12(11)17-5-3-4-10(8-17)6-16-22(2,19)20/h7,9-10,16H,3-6,8H2,1-2H3/t10-/m1/s1. The fourth-order valence-corrected chi connectivity index (χ4v) is 3.06. The number of sulfonamides is 1. The van der Waals surface area contributed by atoms with Crippen molar-refractivity contribution in [2.45, 2.75) is 12.8 Å². The largest absolute Gasteiger partial charge is 0.465 e. The molecule has 0 spiro atoms. The third kappa shape index (κ3) is 4.38. The van der Waals surface area contributed by atoms with E-state index in [1.807, 2.05) is 4.90 Å². The van der Waals surface area contributed by atoms with E-state index in [0.717, 1.165) is 25.6 Å². The number of piperidine rings is 1. The van der Waals surface area contributed by atoms with E-state index < -0.39 is 16.0 Å². The first kappa shape index (κ1) is 16.6. The molecule has 0 radical (unpaired) electrons. The highest BCUT2D eigenvalue weighted by Crippen LogP contribution is 2.24. The molecular weight excluding hydrogens is 308 g/mol. The molecule has 1 fully saturated rings. The molecule has 122 valence electrons. The zero-order valence-electron chi connectivity index (χ0n) is 12.7. The quantitative estimate of drug-likeness (QED) is 0.761. The molecule has 0 aliphatic carbocycles. The van der Waals surface area contributed by atoms with E-state index in [-0.39, 0.29) is 5.92 Å². The predicted molar refractivity (Wildman–Crippen MR) is 81.2 cm³/mol. The Balaban J connectivity index is 2.11. The van der Waals surface area contributed by atoms with Crippen LogP contribution in [0.15, 0.2) is 12.5 Å². The number of carbonyl (C=O) groups excluding carboxylic acids is 1. The molecule has 1 atom stereocenters. The number of nitrogens with one attached hydrogen (secondary N) is 1. The molecule has 2 heterocycles. The van der Waals surface area contributed by atoms with Gasteiger partial charge in [-0.2, -0.15) is 0 Å². The molecule has 1 N–H and O–H groups in total. The Labute approximate surface area is 129 Å². The van der Waals surface area contributed by atoms with Crippen LogP contribution in [0.2, 0.25) is 0 Å². The monoisotopic (exact) mass is 328 g/mol. The highest BCUT2D eigenvalue weighted by atomic mass is 32.2. The summed E-state index contributed by atoms with van der Waals surface area (Å²) in [5.41, 5.74) is 0.321. The van der Waals surface area contributed by atoms with Crippen LogP contribution in [0.1, 0.15) is 23.2 Å². The number of ether oxygens (including phenoxy) is 1. The van der Waals surface area contributed by atoms with Crippen LogP contribution in [0.25, 0.3) is 0 Å². The van der Waals surface area contributed by atoms with Gasteiger partial charge in [-0.15, -0.1) is 0 Å². The lowest BCUT2D eigenvalue weighted by atomic mass is 9.98. The molecule has 0 aromatic carbocycles. The van der Waals surface area contributed by atoms with Gasteiger partial charge in [0.05, 0.1) is 13.4 Å². The molecule has 22 heavy (non-hydrogen) atoms. The summed E-state index contributed by atoms with van der Waals surface area (Å²) >= 11 is 0. The second-order valence-electron chi connectivity index (χ2n) is 5.33. The van der Waals surface area contributed by atoms with Crippen molar-refractivity contribution in [1.29, 1.82) is 0 Å². The Morgan fingerprint density at radius 3 is 3.00 bits per heavy atom. The van der Waals surface area contributed by atoms with Crippen molar-refractivity contribution in [3.63, 3.8) is 0 Å². The normalized spacial score (nSPS) is 19.0. The molecule has 0 bridgehead atoms. The maximum absolute atomic E-state index is 11.8. The average molecular weight is 328 g/mol. The third-order valence-corrected chi connectivity index (χ3v) is 4.24. The molecule has 0 amide bonds. The number of nitrogens with zero attached hydrogens (tertiary/aromatic N) is 3. The minimum atomic E-state index is -3.20. The fourth-order valence-electron chi connectivity index (χ4n) is 2.52. The number of anilines is 1. The lowest BCUT2D eigenvalue weighted by Gasteiger charge is -2.34. The minimum absolute atomic E-state index is 0.170. The van der Waals surface area contributed by atoms with Crippen LogP contribution in [-0.4, -0.2) is 57.4 Å². The maximum atomic E-state index is 11.8. The Morgan fingerprint density at radius 1 is 1.55 bits per heavy atom. The number of rotatable bonds is 5. The molecule has 1 saturated heterocycles. The van der Waals surface area contributed by atoms with Crippen molar-refractivity contribution in [2.75, 3.05) is 37.9 Å². The smallest absolute Gasteiger partial charge is 0.343 e. The van der Waals surface area contributed by atoms with Crippen LogP contribution in [0, 0.1) is 5.92 Å². The second-order valence-corrected chi connectivity index (χ2v) is 7.16. The fraction of sp³-hybridized carbons (Fsp3) is 0.615. The van der Waals surface area contributed by atoms with Crippen molar-refractivity contribution in [1.82, 2.24) is 14.7 Å². The summed E-state index contributed by atoms with van der Waals surface area (Å²) in [5, 5.41) is 0. The van der Waals surface area contributed by atoms with Crippen molar-refractivity contribution in [3.8, 4) is 0 Å². The molecule has 2 rings (SSSR count). The van der Waals surface area contributed by atoms with Crippen molar-refractivity contribution in [2.24, 2.45) is 5.92 Å². The van der Waals surface area contributed by atoms with E-state index in [2.05, 4.69) is 14.7 Å². The van der Waals surface area contributed by atoms with Crippen LogP contribution in [0.5, 0.6) is 0 Å². The molecular formula is C13H20N4O4S. The van der Waals surface area contributed by atoms with E-state index in [1.54, 1.807) is 0 Å². The van der Waals surface area contributed by atoms with Gasteiger partial charge in [-0.25, -0.2) is 27.9 Å². The van der Waals surface area contributed by atoms with Crippen molar-refractivity contribution >= 4 is 21.8 Å². The second kappa shape index (κ2) is 7.01. The first-order valence-electron chi connectivity index (χ1n) is 6.98. The highest BCUT2D eigenvalue weighted by Gasteiger charge is 2.25. The summed E-state index contributed by atoms with van der Waals surface area (Å²) in [6, 6.07) is 0. The summed E-state index contributed by atoms with van der Waals surface area (Å²) in [4.78, 5) is 21.8. The molecule has 1 aromatic heterocycles. The first-order valence-corrected chi connectivity index (χ1v) is 8.87. The Hall–Kier alpha value is -1.74. The van der Waals surface area contributed by atoms with E-state index in [9.17, 15) is 13.2 Å².